The van der Waals surface area contributed by atoms with Crippen molar-refractivity contribution in [3.8, 4) is 0 Å². The Morgan fingerprint density at radius 1 is 1.17 bits per heavy atom. The molecule has 1 saturated heterocycles. The Bertz CT molecular complexity index is 700. The maximum absolute atomic E-state index is 12.1. The summed E-state index contributed by atoms with van der Waals surface area (Å²) in [5.74, 6) is -0.393. The second-order valence-electron chi connectivity index (χ2n) is 5.42. The third-order valence-corrected chi connectivity index (χ3v) is 3.70. The van der Waals surface area contributed by atoms with Crippen LogP contribution in [0.4, 0.5) is 5.69 Å². The molecule has 1 amide bonds. The Kier molecular flexibility index (Phi) is 4.57. The number of ether oxygens (including phenoxy) is 1. The molecule has 2 aromatic carbocycles. The van der Waals surface area contributed by atoms with Gasteiger partial charge in [-0.1, -0.05) is 36.4 Å². The summed E-state index contributed by atoms with van der Waals surface area (Å²) in [5.41, 5.74) is 2.14. The lowest BCUT2D eigenvalue weighted by molar-refractivity contribution is -0.119. The van der Waals surface area contributed by atoms with Crippen molar-refractivity contribution in [1.29, 1.82) is 0 Å². The van der Waals surface area contributed by atoms with Crippen molar-refractivity contribution in [2.24, 2.45) is 0 Å². The standard InChI is InChI=1S/C18H18N2O3/c21-17-16(9-10-19-17)20-15-8-4-7-14(11-15)18(22)23-12-13-5-2-1-3-6-13/h1-8,11,16,20H,9-10,12H2,(H,19,21)/t16-/m1/s1. The van der Waals surface area contributed by atoms with Gasteiger partial charge in [-0.3, -0.25) is 4.79 Å². The quantitative estimate of drug-likeness (QED) is 0.832. The monoisotopic (exact) mass is 310 g/mol. The molecule has 5 nitrogen and oxygen atoms in total. The van der Waals surface area contributed by atoms with Gasteiger partial charge in [-0.05, 0) is 30.2 Å². The number of amides is 1. The molecule has 1 fully saturated rings. The fourth-order valence-corrected chi connectivity index (χ4v) is 2.48. The average Bonchev–Trinajstić information content (AvgIpc) is 2.99. The highest BCUT2D eigenvalue weighted by Crippen LogP contribution is 2.16. The minimum atomic E-state index is -0.381. The van der Waals surface area contributed by atoms with E-state index in [9.17, 15) is 9.59 Å². The van der Waals surface area contributed by atoms with Crippen LogP contribution in [0.2, 0.25) is 0 Å². The third kappa shape index (κ3) is 3.88. The lowest BCUT2D eigenvalue weighted by Gasteiger charge is -2.12. The van der Waals surface area contributed by atoms with Crippen LogP contribution in [0.15, 0.2) is 54.6 Å². The first-order valence-electron chi connectivity index (χ1n) is 7.58. The molecule has 1 heterocycles. The number of esters is 1. The summed E-state index contributed by atoms with van der Waals surface area (Å²) < 4.78 is 5.31. The number of hydrogen-bond donors (Lipinski definition) is 2. The van der Waals surface area contributed by atoms with Crippen molar-refractivity contribution in [3.05, 3.63) is 65.7 Å². The van der Waals surface area contributed by atoms with Crippen LogP contribution < -0.4 is 10.6 Å². The first kappa shape index (κ1) is 15.1. The molecule has 2 aromatic rings. The van der Waals surface area contributed by atoms with Gasteiger partial charge in [0.25, 0.3) is 0 Å². The zero-order valence-electron chi connectivity index (χ0n) is 12.6. The van der Waals surface area contributed by atoms with Gasteiger partial charge in [0.05, 0.1) is 5.56 Å². The van der Waals surface area contributed by atoms with Crippen molar-refractivity contribution >= 4 is 17.6 Å². The van der Waals surface area contributed by atoms with Crippen molar-refractivity contribution in [2.75, 3.05) is 11.9 Å². The predicted molar refractivity (Wildman–Crippen MR) is 87.0 cm³/mol. The van der Waals surface area contributed by atoms with Crippen LogP contribution in [0.3, 0.4) is 0 Å². The van der Waals surface area contributed by atoms with E-state index in [1.54, 1.807) is 18.2 Å². The van der Waals surface area contributed by atoms with E-state index in [1.165, 1.54) is 0 Å². The Balaban J connectivity index is 1.62. The van der Waals surface area contributed by atoms with E-state index >= 15 is 0 Å². The minimum absolute atomic E-state index is 0.0120. The van der Waals surface area contributed by atoms with Gasteiger partial charge in [0.15, 0.2) is 0 Å². The summed E-state index contributed by atoms with van der Waals surface area (Å²) in [7, 11) is 0. The molecule has 1 atom stereocenters. The van der Waals surface area contributed by atoms with Crippen molar-refractivity contribution in [3.63, 3.8) is 0 Å². The van der Waals surface area contributed by atoms with E-state index in [0.717, 1.165) is 17.7 Å². The molecule has 0 aliphatic carbocycles. The van der Waals surface area contributed by atoms with Crippen LogP contribution in [-0.4, -0.2) is 24.5 Å². The first-order chi connectivity index (χ1) is 11.2. The van der Waals surface area contributed by atoms with Crippen LogP contribution in [-0.2, 0) is 16.1 Å². The molecular formula is C18H18N2O3. The topological polar surface area (TPSA) is 67.4 Å². The molecule has 0 unspecified atom stereocenters. The van der Waals surface area contributed by atoms with Gasteiger partial charge in [0.2, 0.25) is 5.91 Å². The molecule has 0 radical (unpaired) electrons. The molecule has 0 aromatic heterocycles. The van der Waals surface area contributed by atoms with Gasteiger partial charge >= 0.3 is 5.97 Å². The molecule has 5 heteroatoms. The molecule has 0 saturated carbocycles. The van der Waals surface area contributed by atoms with E-state index < -0.39 is 0 Å². The van der Waals surface area contributed by atoms with Gasteiger partial charge < -0.3 is 15.4 Å². The zero-order valence-corrected chi connectivity index (χ0v) is 12.6. The van der Waals surface area contributed by atoms with E-state index in [-0.39, 0.29) is 24.5 Å². The smallest absolute Gasteiger partial charge is 0.338 e. The number of carbonyl (C=O) groups is 2. The molecule has 23 heavy (non-hydrogen) atoms. The number of carbonyl (C=O) groups excluding carboxylic acids is 2. The fourth-order valence-electron chi connectivity index (χ4n) is 2.48. The second-order valence-corrected chi connectivity index (χ2v) is 5.42. The number of benzene rings is 2. The van der Waals surface area contributed by atoms with Gasteiger partial charge in [-0.15, -0.1) is 0 Å². The SMILES string of the molecule is O=C(OCc1ccccc1)c1cccc(N[C@@H]2CCNC2=O)c1. The minimum Gasteiger partial charge on any atom is -0.457 e. The molecule has 3 rings (SSSR count). The molecule has 0 bridgehead atoms. The van der Waals surface area contributed by atoms with Crippen LogP contribution >= 0.6 is 0 Å². The van der Waals surface area contributed by atoms with Crippen molar-refractivity contribution in [1.82, 2.24) is 5.32 Å². The van der Waals surface area contributed by atoms with Crippen LogP contribution in [0.5, 0.6) is 0 Å². The third-order valence-electron chi connectivity index (χ3n) is 3.70. The Morgan fingerprint density at radius 3 is 2.74 bits per heavy atom. The van der Waals surface area contributed by atoms with Crippen molar-refractivity contribution in [2.45, 2.75) is 19.1 Å². The highest BCUT2D eigenvalue weighted by atomic mass is 16.5. The summed E-state index contributed by atoms with van der Waals surface area (Å²) in [4.78, 5) is 23.7. The molecular weight excluding hydrogens is 292 g/mol. The molecule has 1 aliphatic heterocycles. The Hall–Kier alpha value is -2.82. The van der Waals surface area contributed by atoms with Gasteiger partial charge in [0.1, 0.15) is 12.6 Å². The second kappa shape index (κ2) is 6.96. The molecule has 0 spiro atoms. The highest BCUT2D eigenvalue weighted by Gasteiger charge is 2.23. The summed E-state index contributed by atoms with van der Waals surface area (Å²) >= 11 is 0. The maximum atomic E-state index is 12.1. The number of nitrogens with one attached hydrogen (secondary N) is 2. The summed E-state index contributed by atoms with van der Waals surface area (Å²) in [6.07, 6.45) is 0.738. The predicted octanol–water partition coefficient (Wildman–Crippen LogP) is 2.34. The number of anilines is 1. The number of hydrogen-bond acceptors (Lipinski definition) is 4. The van der Waals surface area contributed by atoms with Gasteiger partial charge in [-0.25, -0.2) is 4.79 Å². The van der Waals surface area contributed by atoms with Crippen LogP contribution in [0, 0.1) is 0 Å². The highest BCUT2D eigenvalue weighted by molar-refractivity contribution is 5.91. The summed E-state index contributed by atoms with van der Waals surface area (Å²) in [6, 6.07) is 16.3. The van der Waals surface area contributed by atoms with Gasteiger partial charge in [0, 0.05) is 12.2 Å². The zero-order chi connectivity index (χ0) is 16.1. The lowest BCUT2D eigenvalue weighted by atomic mass is 10.1. The maximum Gasteiger partial charge on any atom is 0.338 e. The van der Waals surface area contributed by atoms with Crippen LogP contribution in [0.1, 0.15) is 22.3 Å². The van der Waals surface area contributed by atoms with Crippen LogP contribution in [0.25, 0.3) is 0 Å². The lowest BCUT2D eigenvalue weighted by Crippen LogP contribution is -2.29. The number of rotatable bonds is 5. The Morgan fingerprint density at radius 2 is 2.00 bits per heavy atom. The molecule has 2 N–H and O–H groups in total. The van der Waals surface area contributed by atoms with E-state index in [0.29, 0.717) is 12.1 Å². The summed E-state index contributed by atoms with van der Waals surface area (Å²) in [5, 5.41) is 5.91. The fraction of sp³-hybridized carbons (Fsp3) is 0.222. The van der Waals surface area contributed by atoms with E-state index in [1.807, 2.05) is 36.4 Å². The van der Waals surface area contributed by atoms with E-state index in [4.69, 9.17) is 4.74 Å². The summed E-state index contributed by atoms with van der Waals surface area (Å²) in [6.45, 7) is 0.914. The normalized spacial score (nSPS) is 16.7. The molecule has 1 aliphatic rings. The van der Waals surface area contributed by atoms with Crippen molar-refractivity contribution < 1.29 is 14.3 Å². The Labute approximate surface area is 134 Å². The molecule has 118 valence electrons. The van der Waals surface area contributed by atoms with E-state index in [2.05, 4.69) is 10.6 Å². The van der Waals surface area contributed by atoms with Gasteiger partial charge in [-0.2, -0.15) is 0 Å². The average molecular weight is 310 g/mol. The largest absolute Gasteiger partial charge is 0.457 e. The first-order valence-corrected chi connectivity index (χ1v) is 7.58.